The van der Waals surface area contributed by atoms with E-state index in [1.807, 2.05) is 37.3 Å². The molecule has 1 N–H and O–H groups in total. The van der Waals surface area contributed by atoms with Gasteiger partial charge >= 0.3 is 0 Å². The summed E-state index contributed by atoms with van der Waals surface area (Å²) in [4.78, 5) is 16.9. The topological polar surface area (TPSA) is 69.8 Å². The molecule has 2 heterocycles. The summed E-state index contributed by atoms with van der Waals surface area (Å²) in [6, 6.07) is 13.1. The normalized spacial score (nSPS) is 15.5. The van der Waals surface area contributed by atoms with Gasteiger partial charge < -0.3 is 14.5 Å². The molecule has 6 nitrogen and oxygen atoms in total. The molecule has 0 bridgehead atoms. The number of piperazine rings is 1. The van der Waals surface area contributed by atoms with Gasteiger partial charge in [-0.1, -0.05) is 29.4 Å². The van der Waals surface area contributed by atoms with Crippen LogP contribution in [0.25, 0.3) is 10.8 Å². The van der Waals surface area contributed by atoms with E-state index in [1.165, 1.54) is 0 Å². The Kier molecular flexibility index (Phi) is 4.34. The first-order valence-electron chi connectivity index (χ1n) is 8.76. The number of carbonyl (C=O) groups excluding carboxylic acids is 1. The minimum absolute atomic E-state index is 0.0354. The van der Waals surface area contributed by atoms with Gasteiger partial charge in [-0.2, -0.15) is 0 Å². The molecule has 0 unspecified atom stereocenters. The van der Waals surface area contributed by atoms with Crippen molar-refractivity contribution < 1.29 is 14.4 Å². The number of nitrogens with zero attached hydrogens (tertiary/aromatic N) is 3. The van der Waals surface area contributed by atoms with Crippen LogP contribution in [0.2, 0.25) is 0 Å². The van der Waals surface area contributed by atoms with Crippen LogP contribution in [0.5, 0.6) is 5.75 Å². The average Bonchev–Trinajstić information content (AvgIpc) is 3.06. The minimum Gasteiger partial charge on any atom is -0.507 e. The number of fused-ring (bicyclic) bond motifs is 1. The van der Waals surface area contributed by atoms with Crippen molar-refractivity contribution in [3.8, 4) is 5.75 Å². The lowest BCUT2D eigenvalue weighted by atomic mass is 10.0. The highest BCUT2D eigenvalue weighted by molar-refractivity contribution is 6.01. The van der Waals surface area contributed by atoms with Crippen LogP contribution >= 0.6 is 0 Å². The molecule has 3 aromatic rings. The van der Waals surface area contributed by atoms with E-state index >= 15 is 0 Å². The number of amides is 1. The molecule has 1 aliphatic heterocycles. The molecule has 0 atom stereocenters. The fourth-order valence-corrected chi connectivity index (χ4v) is 3.39. The Morgan fingerprint density at radius 2 is 1.81 bits per heavy atom. The quantitative estimate of drug-likeness (QED) is 0.786. The SMILES string of the molecule is Cc1cc(CN2CCN(C(=O)c3cc4ccccc4cc3O)CC2)on1. The van der Waals surface area contributed by atoms with Crippen LogP contribution in [-0.4, -0.2) is 52.1 Å². The summed E-state index contributed by atoms with van der Waals surface area (Å²) in [6.45, 7) is 5.37. The Hall–Kier alpha value is -2.86. The Labute approximate surface area is 151 Å². The van der Waals surface area contributed by atoms with Crippen molar-refractivity contribution in [2.24, 2.45) is 0 Å². The molecule has 1 aliphatic rings. The summed E-state index contributed by atoms with van der Waals surface area (Å²) < 4.78 is 5.26. The van der Waals surface area contributed by atoms with E-state index in [-0.39, 0.29) is 11.7 Å². The van der Waals surface area contributed by atoms with Crippen LogP contribution in [0.15, 0.2) is 47.0 Å². The second kappa shape index (κ2) is 6.80. The van der Waals surface area contributed by atoms with Gasteiger partial charge in [-0.15, -0.1) is 0 Å². The lowest BCUT2D eigenvalue weighted by molar-refractivity contribution is 0.0615. The molecule has 1 saturated heterocycles. The number of aromatic hydroxyl groups is 1. The predicted octanol–water partition coefficient (Wildman–Crippen LogP) is 2.80. The molecule has 6 heteroatoms. The first kappa shape index (κ1) is 16.6. The fourth-order valence-electron chi connectivity index (χ4n) is 3.39. The summed E-state index contributed by atoms with van der Waals surface area (Å²) in [7, 11) is 0. The van der Waals surface area contributed by atoms with Gasteiger partial charge in [-0.25, -0.2) is 0 Å². The van der Waals surface area contributed by atoms with Crippen molar-refractivity contribution in [3.05, 3.63) is 59.5 Å². The number of benzene rings is 2. The monoisotopic (exact) mass is 351 g/mol. The summed E-state index contributed by atoms with van der Waals surface area (Å²) in [5, 5.41) is 16.1. The lowest BCUT2D eigenvalue weighted by Crippen LogP contribution is -2.48. The Morgan fingerprint density at radius 3 is 2.46 bits per heavy atom. The number of rotatable bonds is 3. The van der Waals surface area contributed by atoms with Crippen LogP contribution in [-0.2, 0) is 6.54 Å². The third kappa shape index (κ3) is 3.28. The molecule has 0 radical (unpaired) electrons. The van der Waals surface area contributed by atoms with Crippen LogP contribution in [0.1, 0.15) is 21.8 Å². The third-order valence-corrected chi connectivity index (χ3v) is 4.81. The van der Waals surface area contributed by atoms with E-state index in [0.29, 0.717) is 25.2 Å². The second-order valence-electron chi connectivity index (χ2n) is 6.72. The number of hydrogen-bond donors (Lipinski definition) is 1. The Balaban J connectivity index is 1.44. The third-order valence-electron chi connectivity index (χ3n) is 4.81. The van der Waals surface area contributed by atoms with Gasteiger partial charge in [-0.05, 0) is 29.8 Å². The molecule has 1 aromatic heterocycles. The molecule has 1 amide bonds. The number of phenols is 1. The van der Waals surface area contributed by atoms with E-state index in [2.05, 4.69) is 10.1 Å². The fraction of sp³-hybridized carbons (Fsp3) is 0.300. The van der Waals surface area contributed by atoms with Crippen molar-refractivity contribution in [1.82, 2.24) is 15.0 Å². The van der Waals surface area contributed by atoms with Crippen LogP contribution < -0.4 is 0 Å². The maximum Gasteiger partial charge on any atom is 0.257 e. The molecule has 0 aliphatic carbocycles. The van der Waals surface area contributed by atoms with Gasteiger partial charge in [0.2, 0.25) is 0 Å². The summed E-state index contributed by atoms with van der Waals surface area (Å²) in [5.41, 5.74) is 1.24. The smallest absolute Gasteiger partial charge is 0.257 e. The number of aromatic nitrogens is 1. The Bertz CT molecular complexity index is 942. The molecule has 26 heavy (non-hydrogen) atoms. The number of phenolic OH excluding ortho intramolecular Hbond substituents is 1. The van der Waals surface area contributed by atoms with Crippen molar-refractivity contribution in [2.45, 2.75) is 13.5 Å². The summed E-state index contributed by atoms with van der Waals surface area (Å²) >= 11 is 0. The number of carbonyl (C=O) groups is 1. The van der Waals surface area contributed by atoms with Crippen molar-refractivity contribution in [3.63, 3.8) is 0 Å². The molecular weight excluding hydrogens is 330 g/mol. The lowest BCUT2D eigenvalue weighted by Gasteiger charge is -2.34. The molecule has 1 fully saturated rings. The molecule has 0 saturated carbocycles. The molecule has 2 aromatic carbocycles. The predicted molar refractivity (Wildman–Crippen MR) is 98.0 cm³/mol. The maximum atomic E-state index is 12.9. The largest absolute Gasteiger partial charge is 0.507 e. The highest BCUT2D eigenvalue weighted by Crippen LogP contribution is 2.26. The number of aryl methyl sites for hydroxylation is 1. The highest BCUT2D eigenvalue weighted by atomic mass is 16.5. The van der Waals surface area contributed by atoms with Crippen molar-refractivity contribution in [2.75, 3.05) is 26.2 Å². The molecule has 4 rings (SSSR count). The standard InChI is InChI=1S/C20H21N3O3/c1-14-10-17(26-21-14)13-22-6-8-23(9-7-22)20(25)18-11-15-4-2-3-5-16(15)12-19(18)24/h2-5,10-12,24H,6-9,13H2,1H3. The molecular formula is C20H21N3O3. The van der Waals surface area contributed by atoms with Crippen LogP contribution in [0, 0.1) is 6.92 Å². The van der Waals surface area contributed by atoms with Crippen molar-refractivity contribution >= 4 is 16.7 Å². The van der Waals surface area contributed by atoms with Gasteiger partial charge in [0.05, 0.1) is 17.8 Å². The summed E-state index contributed by atoms with van der Waals surface area (Å²) in [6.07, 6.45) is 0. The van der Waals surface area contributed by atoms with Gasteiger partial charge in [0.15, 0.2) is 5.76 Å². The van der Waals surface area contributed by atoms with Gasteiger partial charge in [-0.3, -0.25) is 9.69 Å². The Morgan fingerprint density at radius 1 is 1.12 bits per heavy atom. The zero-order valence-corrected chi connectivity index (χ0v) is 14.7. The first-order valence-corrected chi connectivity index (χ1v) is 8.76. The van der Waals surface area contributed by atoms with E-state index in [4.69, 9.17) is 4.52 Å². The maximum absolute atomic E-state index is 12.9. The van der Waals surface area contributed by atoms with E-state index in [0.717, 1.165) is 35.3 Å². The van der Waals surface area contributed by atoms with Crippen molar-refractivity contribution in [1.29, 1.82) is 0 Å². The van der Waals surface area contributed by atoms with Gasteiger partial charge in [0.25, 0.3) is 5.91 Å². The summed E-state index contributed by atoms with van der Waals surface area (Å²) in [5.74, 6) is 0.756. The van der Waals surface area contributed by atoms with E-state index < -0.39 is 0 Å². The molecule has 134 valence electrons. The number of hydrogen-bond acceptors (Lipinski definition) is 5. The average molecular weight is 351 g/mol. The van der Waals surface area contributed by atoms with Gasteiger partial charge in [0, 0.05) is 32.2 Å². The van der Waals surface area contributed by atoms with Gasteiger partial charge in [0.1, 0.15) is 5.75 Å². The zero-order valence-electron chi connectivity index (χ0n) is 14.7. The molecule has 0 spiro atoms. The first-order chi connectivity index (χ1) is 12.6. The highest BCUT2D eigenvalue weighted by Gasteiger charge is 2.24. The van der Waals surface area contributed by atoms with Crippen LogP contribution in [0.3, 0.4) is 0 Å². The second-order valence-corrected chi connectivity index (χ2v) is 6.72. The van der Waals surface area contributed by atoms with E-state index in [1.54, 1.807) is 17.0 Å². The van der Waals surface area contributed by atoms with Crippen LogP contribution in [0.4, 0.5) is 0 Å². The zero-order chi connectivity index (χ0) is 18.1. The van der Waals surface area contributed by atoms with E-state index in [9.17, 15) is 9.90 Å². The minimum atomic E-state index is -0.122.